The fourth-order valence-electron chi connectivity index (χ4n) is 3.83. The molecule has 32 heavy (non-hydrogen) atoms. The molecule has 2 aromatic rings. The third-order valence-corrected chi connectivity index (χ3v) is 8.77. The average molecular weight is 478 g/mol. The van der Waals surface area contributed by atoms with Crippen molar-refractivity contribution in [2.45, 2.75) is 30.2 Å². The molecule has 2 aromatic carbocycles. The molecule has 0 bridgehead atoms. The van der Waals surface area contributed by atoms with Gasteiger partial charge in [-0.15, -0.1) is 0 Å². The SMILES string of the molecule is O=C(Nc1ccc(S(=O)(=O)N[C@H]2CCS(=O)(=O)C2)cc1)c1cccc(N2CCCC2=O)c1. The minimum atomic E-state index is -3.88. The van der Waals surface area contributed by atoms with E-state index in [-0.39, 0.29) is 34.6 Å². The molecule has 0 unspecified atom stereocenters. The molecule has 2 aliphatic rings. The second-order valence-corrected chi connectivity index (χ2v) is 11.8. The maximum Gasteiger partial charge on any atom is 0.255 e. The van der Waals surface area contributed by atoms with Gasteiger partial charge in [-0.2, -0.15) is 0 Å². The van der Waals surface area contributed by atoms with Crippen molar-refractivity contribution < 1.29 is 26.4 Å². The molecule has 2 saturated heterocycles. The van der Waals surface area contributed by atoms with Crippen LogP contribution < -0.4 is 14.9 Å². The fraction of sp³-hybridized carbons (Fsp3) is 0.333. The van der Waals surface area contributed by atoms with Crippen LogP contribution in [0.25, 0.3) is 0 Å². The first-order valence-electron chi connectivity index (χ1n) is 10.2. The van der Waals surface area contributed by atoms with Gasteiger partial charge in [0.15, 0.2) is 9.84 Å². The molecule has 2 aliphatic heterocycles. The van der Waals surface area contributed by atoms with Crippen molar-refractivity contribution in [3.63, 3.8) is 0 Å². The molecule has 0 saturated carbocycles. The smallest absolute Gasteiger partial charge is 0.255 e. The van der Waals surface area contributed by atoms with E-state index in [2.05, 4.69) is 10.0 Å². The van der Waals surface area contributed by atoms with Gasteiger partial charge >= 0.3 is 0 Å². The molecule has 1 atom stereocenters. The highest BCUT2D eigenvalue weighted by Gasteiger charge is 2.31. The van der Waals surface area contributed by atoms with E-state index in [1.54, 1.807) is 29.2 Å². The van der Waals surface area contributed by atoms with Gasteiger partial charge in [-0.05, 0) is 55.3 Å². The number of nitrogens with one attached hydrogen (secondary N) is 2. The lowest BCUT2D eigenvalue weighted by molar-refractivity contribution is -0.117. The van der Waals surface area contributed by atoms with Gasteiger partial charge in [0.2, 0.25) is 15.9 Å². The first-order chi connectivity index (χ1) is 15.1. The number of benzene rings is 2. The van der Waals surface area contributed by atoms with Gasteiger partial charge in [0, 0.05) is 35.9 Å². The monoisotopic (exact) mass is 477 g/mol. The number of sulfonamides is 1. The number of anilines is 2. The van der Waals surface area contributed by atoms with Crippen LogP contribution in [0.3, 0.4) is 0 Å². The van der Waals surface area contributed by atoms with Gasteiger partial charge in [-0.25, -0.2) is 21.6 Å². The summed E-state index contributed by atoms with van der Waals surface area (Å²) in [6.07, 6.45) is 1.53. The average Bonchev–Trinajstić information content (AvgIpc) is 3.32. The molecule has 2 fully saturated rings. The van der Waals surface area contributed by atoms with Gasteiger partial charge in [0.25, 0.3) is 5.91 Å². The summed E-state index contributed by atoms with van der Waals surface area (Å²) in [5.41, 5.74) is 1.45. The van der Waals surface area contributed by atoms with Gasteiger partial charge in [-0.1, -0.05) is 6.07 Å². The molecule has 11 heteroatoms. The Labute approximate surface area is 186 Å². The van der Waals surface area contributed by atoms with Crippen LogP contribution in [0.15, 0.2) is 53.4 Å². The molecule has 0 radical (unpaired) electrons. The van der Waals surface area contributed by atoms with E-state index in [4.69, 9.17) is 0 Å². The summed E-state index contributed by atoms with van der Waals surface area (Å²) in [5, 5.41) is 2.71. The number of sulfone groups is 1. The summed E-state index contributed by atoms with van der Waals surface area (Å²) >= 11 is 0. The van der Waals surface area contributed by atoms with Crippen molar-refractivity contribution in [3.8, 4) is 0 Å². The summed E-state index contributed by atoms with van der Waals surface area (Å²) in [6, 6.07) is 11.8. The standard InChI is InChI=1S/C21H23N3O6S2/c25-20-5-2-11-24(20)18-4-1-3-15(13-18)21(26)22-16-6-8-19(9-7-16)32(29,30)23-17-10-12-31(27,28)14-17/h1,3-4,6-9,13,17,23H,2,5,10-12,14H2,(H,22,26)/t17-/m0/s1. The van der Waals surface area contributed by atoms with Gasteiger partial charge in [-0.3, -0.25) is 9.59 Å². The van der Waals surface area contributed by atoms with Crippen molar-refractivity contribution in [2.75, 3.05) is 28.3 Å². The second-order valence-electron chi connectivity index (χ2n) is 7.90. The maximum absolute atomic E-state index is 12.6. The summed E-state index contributed by atoms with van der Waals surface area (Å²) in [5.74, 6) is -0.590. The molecule has 0 aromatic heterocycles. The first-order valence-corrected chi connectivity index (χ1v) is 13.5. The van der Waals surface area contributed by atoms with Crippen LogP contribution in [0, 0.1) is 0 Å². The number of carbonyl (C=O) groups excluding carboxylic acids is 2. The number of carbonyl (C=O) groups is 2. The van der Waals surface area contributed by atoms with E-state index in [1.807, 2.05) is 0 Å². The molecular weight excluding hydrogens is 454 g/mol. The van der Waals surface area contributed by atoms with Crippen LogP contribution >= 0.6 is 0 Å². The summed E-state index contributed by atoms with van der Waals surface area (Å²) in [4.78, 5) is 26.2. The Morgan fingerprint density at radius 1 is 1.09 bits per heavy atom. The number of hydrogen-bond acceptors (Lipinski definition) is 6. The highest BCUT2D eigenvalue weighted by molar-refractivity contribution is 7.92. The molecule has 0 aliphatic carbocycles. The number of amides is 2. The van der Waals surface area contributed by atoms with E-state index in [9.17, 15) is 26.4 Å². The molecule has 2 heterocycles. The largest absolute Gasteiger partial charge is 0.322 e. The third-order valence-electron chi connectivity index (χ3n) is 5.47. The number of rotatable bonds is 6. The minimum absolute atomic E-state index is 0.0191. The van der Waals surface area contributed by atoms with Gasteiger partial charge in [0.1, 0.15) is 0 Å². The van der Waals surface area contributed by atoms with Crippen molar-refractivity contribution in [2.24, 2.45) is 0 Å². The minimum Gasteiger partial charge on any atom is -0.322 e. The summed E-state index contributed by atoms with van der Waals surface area (Å²) in [7, 11) is -7.08. The van der Waals surface area contributed by atoms with Crippen LogP contribution in [0.4, 0.5) is 11.4 Å². The molecule has 2 N–H and O–H groups in total. The second kappa shape index (κ2) is 8.64. The van der Waals surface area contributed by atoms with Gasteiger partial charge < -0.3 is 10.2 Å². The lowest BCUT2D eigenvalue weighted by Gasteiger charge is -2.16. The van der Waals surface area contributed by atoms with Crippen LogP contribution in [0.2, 0.25) is 0 Å². The molecular formula is C21H23N3O6S2. The van der Waals surface area contributed by atoms with E-state index < -0.39 is 25.9 Å². The lowest BCUT2D eigenvalue weighted by atomic mass is 10.1. The Morgan fingerprint density at radius 3 is 2.47 bits per heavy atom. The Hall–Kier alpha value is -2.76. The van der Waals surface area contributed by atoms with E-state index in [0.29, 0.717) is 29.9 Å². The first kappa shape index (κ1) is 22.4. The van der Waals surface area contributed by atoms with Crippen LogP contribution in [-0.4, -0.2) is 52.7 Å². The molecule has 4 rings (SSSR count). The highest BCUT2D eigenvalue weighted by Crippen LogP contribution is 2.23. The Kier molecular flexibility index (Phi) is 6.06. The van der Waals surface area contributed by atoms with Crippen LogP contribution in [0.1, 0.15) is 29.6 Å². The van der Waals surface area contributed by atoms with Crippen LogP contribution in [-0.2, 0) is 24.7 Å². The van der Waals surface area contributed by atoms with Crippen molar-refractivity contribution in [1.29, 1.82) is 0 Å². The van der Waals surface area contributed by atoms with E-state index in [1.165, 1.54) is 24.3 Å². The molecule has 170 valence electrons. The Balaban J connectivity index is 1.42. The highest BCUT2D eigenvalue weighted by atomic mass is 32.2. The number of hydrogen-bond donors (Lipinski definition) is 2. The predicted octanol–water partition coefficient (Wildman–Crippen LogP) is 1.53. The predicted molar refractivity (Wildman–Crippen MR) is 120 cm³/mol. The number of nitrogens with zero attached hydrogens (tertiary/aromatic N) is 1. The maximum atomic E-state index is 12.6. The van der Waals surface area contributed by atoms with Gasteiger partial charge in [0.05, 0.1) is 16.4 Å². The quantitative estimate of drug-likeness (QED) is 0.649. The van der Waals surface area contributed by atoms with Crippen molar-refractivity contribution in [1.82, 2.24) is 4.72 Å². The zero-order valence-corrected chi connectivity index (χ0v) is 18.8. The van der Waals surface area contributed by atoms with E-state index >= 15 is 0 Å². The summed E-state index contributed by atoms with van der Waals surface area (Å²) < 4.78 is 50.6. The Bertz CT molecular complexity index is 1260. The van der Waals surface area contributed by atoms with Crippen molar-refractivity contribution >= 4 is 43.0 Å². The summed E-state index contributed by atoms with van der Waals surface area (Å²) in [6.45, 7) is 0.626. The molecule has 2 amide bonds. The van der Waals surface area contributed by atoms with Crippen molar-refractivity contribution in [3.05, 3.63) is 54.1 Å². The van der Waals surface area contributed by atoms with Crippen LogP contribution in [0.5, 0.6) is 0 Å². The van der Waals surface area contributed by atoms with E-state index in [0.717, 1.165) is 6.42 Å². The lowest BCUT2D eigenvalue weighted by Crippen LogP contribution is -2.35. The molecule has 0 spiro atoms. The zero-order valence-electron chi connectivity index (χ0n) is 17.2. The topological polar surface area (TPSA) is 130 Å². The Morgan fingerprint density at radius 2 is 1.84 bits per heavy atom. The normalized spacial score (nSPS) is 20.4. The fourth-order valence-corrected chi connectivity index (χ4v) is 6.88. The zero-order chi connectivity index (χ0) is 22.9. The third kappa shape index (κ3) is 5.00. The molecule has 9 nitrogen and oxygen atoms in total.